The minimum Gasteiger partial charge on any atom is -0.482 e. The van der Waals surface area contributed by atoms with Gasteiger partial charge in [-0.15, -0.1) is 0 Å². The topological polar surface area (TPSA) is 64.4 Å². The van der Waals surface area contributed by atoms with E-state index in [1.165, 1.54) is 6.07 Å². The van der Waals surface area contributed by atoms with Crippen molar-refractivity contribution in [2.45, 2.75) is 33.2 Å². The largest absolute Gasteiger partial charge is 0.482 e. The fraction of sp³-hybridized carbons (Fsp3) is 0.467. The molecular weight excluding hydrogens is 336 g/mol. The average Bonchev–Trinajstić information content (AvgIpc) is 2.33. The molecule has 5 nitrogen and oxygen atoms in total. The van der Waals surface area contributed by atoms with Gasteiger partial charge in [0.15, 0.2) is 5.75 Å². The van der Waals surface area contributed by atoms with Crippen LogP contribution in [0.5, 0.6) is 5.75 Å². The van der Waals surface area contributed by atoms with Gasteiger partial charge < -0.3 is 10.1 Å². The van der Waals surface area contributed by atoms with E-state index in [1.807, 2.05) is 0 Å². The first-order chi connectivity index (χ1) is 9.60. The van der Waals surface area contributed by atoms with Gasteiger partial charge >= 0.3 is 5.69 Å². The molecule has 1 N–H and O–H groups in total. The molecule has 0 bridgehead atoms. The number of nitrogens with zero attached hydrogens (tertiary/aromatic N) is 1. The molecule has 0 heterocycles. The van der Waals surface area contributed by atoms with Crippen molar-refractivity contribution in [1.29, 1.82) is 0 Å². The molecule has 0 unspecified atom stereocenters. The lowest BCUT2D eigenvalue weighted by Crippen LogP contribution is -2.37. The number of hydrogen-bond donors (Lipinski definition) is 1. The summed E-state index contributed by atoms with van der Waals surface area (Å²) in [5.41, 5.74) is 1.50. The zero-order valence-electron chi connectivity index (χ0n) is 12.8. The van der Waals surface area contributed by atoms with Gasteiger partial charge in [0.1, 0.15) is 6.61 Å². The minimum atomic E-state index is -0.441. The molecule has 0 aromatic heterocycles. The van der Waals surface area contributed by atoms with E-state index in [1.54, 1.807) is 13.0 Å². The lowest BCUT2D eigenvalue weighted by atomic mass is 10.1. The third-order valence-electron chi connectivity index (χ3n) is 2.71. The Bertz CT molecular complexity index is 551. The average molecular weight is 357 g/mol. The first-order valence-electron chi connectivity index (χ1n) is 6.59. The molecule has 0 atom stereocenters. The molecule has 0 saturated heterocycles. The monoisotopic (exact) mass is 356 g/mol. The van der Waals surface area contributed by atoms with E-state index >= 15 is 0 Å². The van der Waals surface area contributed by atoms with Crippen molar-refractivity contribution in [2.24, 2.45) is 0 Å². The first-order valence-corrected chi connectivity index (χ1v) is 7.38. The fourth-order valence-corrected chi connectivity index (χ4v) is 2.21. The third kappa shape index (κ3) is 5.85. The molecule has 0 radical (unpaired) electrons. The lowest BCUT2D eigenvalue weighted by molar-refractivity contribution is -0.385. The Balaban J connectivity index is 2.75. The van der Waals surface area contributed by atoms with E-state index in [2.05, 4.69) is 48.6 Å². The number of halogens is 1. The highest BCUT2D eigenvalue weighted by molar-refractivity contribution is 9.10. The van der Waals surface area contributed by atoms with Crippen LogP contribution in [0.25, 0.3) is 0 Å². The normalized spacial score (nSPS) is 11.3. The van der Waals surface area contributed by atoms with Gasteiger partial charge in [-0.25, -0.2) is 0 Å². The molecule has 6 heteroatoms. The summed E-state index contributed by atoms with van der Waals surface area (Å²) in [5.74, 6) is 0.292. The Kier molecular flexibility index (Phi) is 5.92. The van der Waals surface area contributed by atoms with Gasteiger partial charge in [-0.3, -0.25) is 10.1 Å². The second-order valence-corrected chi connectivity index (χ2v) is 6.89. The molecule has 0 aliphatic heterocycles. The number of aryl methyl sites for hydroxylation is 1. The van der Waals surface area contributed by atoms with Gasteiger partial charge in [0.2, 0.25) is 0 Å². The van der Waals surface area contributed by atoms with Crippen LogP contribution in [0.3, 0.4) is 0 Å². The Hall–Kier alpha value is -1.40. The number of rotatable bonds is 6. The highest BCUT2D eigenvalue weighted by atomic mass is 79.9. The number of nitro groups is 1. The van der Waals surface area contributed by atoms with Crippen LogP contribution in [-0.4, -0.2) is 23.6 Å². The molecule has 0 spiro atoms. The van der Waals surface area contributed by atoms with E-state index in [-0.39, 0.29) is 17.8 Å². The van der Waals surface area contributed by atoms with Crippen molar-refractivity contribution < 1.29 is 9.66 Å². The lowest BCUT2D eigenvalue weighted by Gasteiger charge is -2.21. The van der Waals surface area contributed by atoms with Crippen molar-refractivity contribution in [3.63, 3.8) is 0 Å². The summed E-state index contributed by atoms with van der Waals surface area (Å²) >= 11 is 3.25. The van der Waals surface area contributed by atoms with Crippen LogP contribution in [0.4, 0.5) is 5.69 Å². The Labute approximate surface area is 133 Å². The second kappa shape index (κ2) is 7.04. The van der Waals surface area contributed by atoms with Gasteiger partial charge in [0.05, 0.1) is 4.92 Å². The highest BCUT2D eigenvalue weighted by Crippen LogP contribution is 2.34. The molecule has 1 aromatic carbocycles. The van der Waals surface area contributed by atoms with Crippen LogP contribution in [0, 0.1) is 17.0 Å². The predicted octanol–water partition coefficient (Wildman–Crippen LogP) is 3.99. The van der Waals surface area contributed by atoms with E-state index in [0.717, 1.165) is 5.57 Å². The maximum Gasteiger partial charge on any atom is 0.312 e. The van der Waals surface area contributed by atoms with Crippen molar-refractivity contribution in [3.05, 3.63) is 44.4 Å². The van der Waals surface area contributed by atoms with Gasteiger partial charge in [-0.1, -0.05) is 22.5 Å². The van der Waals surface area contributed by atoms with Crippen molar-refractivity contribution in [1.82, 2.24) is 5.32 Å². The number of nitro benzene ring substituents is 1. The Morgan fingerprint density at radius 1 is 1.48 bits per heavy atom. The fourth-order valence-electron chi connectivity index (χ4n) is 1.65. The maximum atomic E-state index is 11.1. The molecule has 1 rings (SSSR count). The van der Waals surface area contributed by atoms with Gasteiger partial charge in [-0.2, -0.15) is 0 Å². The summed E-state index contributed by atoms with van der Waals surface area (Å²) in [6, 6.07) is 3.23. The zero-order valence-corrected chi connectivity index (χ0v) is 14.4. The summed E-state index contributed by atoms with van der Waals surface area (Å²) < 4.78 is 6.27. The SMILES string of the molecule is C=C(CNC(C)(C)C)COc1c(C)cc(Br)cc1[N+](=O)[O-]. The van der Waals surface area contributed by atoms with Gasteiger partial charge in [0.25, 0.3) is 0 Å². The first kappa shape index (κ1) is 17.7. The second-order valence-electron chi connectivity index (χ2n) is 5.97. The molecular formula is C15H21BrN2O3. The van der Waals surface area contributed by atoms with Crippen LogP contribution in [-0.2, 0) is 0 Å². The molecule has 0 fully saturated rings. The summed E-state index contributed by atoms with van der Waals surface area (Å²) in [7, 11) is 0. The summed E-state index contributed by atoms with van der Waals surface area (Å²) in [4.78, 5) is 10.7. The molecule has 116 valence electrons. The third-order valence-corrected chi connectivity index (χ3v) is 3.16. The maximum absolute atomic E-state index is 11.1. The highest BCUT2D eigenvalue weighted by Gasteiger charge is 2.19. The molecule has 21 heavy (non-hydrogen) atoms. The molecule has 0 saturated carbocycles. The predicted molar refractivity (Wildman–Crippen MR) is 87.9 cm³/mol. The molecule has 0 aliphatic carbocycles. The molecule has 0 amide bonds. The quantitative estimate of drug-likeness (QED) is 0.475. The zero-order chi connectivity index (χ0) is 16.2. The van der Waals surface area contributed by atoms with Crippen LogP contribution in [0.15, 0.2) is 28.8 Å². The number of ether oxygens (including phenoxy) is 1. The number of nitrogens with one attached hydrogen (secondary N) is 1. The Morgan fingerprint density at radius 2 is 2.10 bits per heavy atom. The summed E-state index contributed by atoms with van der Waals surface area (Å²) in [6.07, 6.45) is 0. The summed E-state index contributed by atoms with van der Waals surface area (Å²) in [5, 5.41) is 14.4. The van der Waals surface area contributed by atoms with E-state index in [0.29, 0.717) is 22.3 Å². The Morgan fingerprint density at radius 3 is 2.62 bits per heavy atom. The standard InChI is InChI=1S/C15H21BrN2O3/c1-10(8-17-15(3,4)5)9-21-14-11(2)6-12(16)7-13(14)18(19)20/h6-7,17H,1,8-9H2,2-5H3. The van der Waals surface area contributed by atoms with Crippen molar-refractivity contribution >= 4 is 21.6 Å². The van der Waals surface area contributed by atoms with Crippen LogP contribution >= 0.6 is 15.9 Å². The van der Waals surface area contributed by atoms with Gasteiger partial charge in [0, 0.05) is 22.6 Å². The molecule has 1 aromatic rings. The van der Waals surface area contributed by atoms with E-state index in [4.69, 9.17) is 4.74 Å². The van der Waals surface area contributed by atoms with E-state index < -0.39 is 4.92 Å². The van der Waals surface area contributed by atoms with Crippen LogP contribution in [0.1, 0.15) is 26.3 Å². The minimum absolute atomic E-state index is 0.0114. The number of benzene rings is 1. The van der Waals surface area contributed by atoms with Crippen LogP contribution in [0.2, 0.25) is 0 Å². The van der Waals surface area contributed by atoms with Crippen molar-refractivity contribution in [3.8, 4) is 5.75 Å². The smallest absolute Gasteiger partial charge is 0.312 e. The van der Waals surface area contributed by atoms with Crippen LogP contribution < -0.4 is 10.1 Å². The number of hydrogen-bond acceptors (Lipinski definition) is 4. The van der Waals surface area contributed by atoms with Gasteiger partial charge in [-0.05, 0) is 44.9 Å². The molecule has 0 aliphatic rings. The van der Waals surface area contributed by atoms with E-state index in [9.17, 15) is 10.1 Å². The summed E-state index contributed by atoms with van der Waals surface area (Å²) in [6.45, 7) is 12.7. The van der Waals surface area contributed by atoms with Crippen molar-refractivity contribution in [2.75, 3.05) is 13.2 Å².